The lowest BCUT2D eigenvalue weighted by molar-refractivity contribution is 0.821. The highest BCUT2D eigenvalue weighted by atomic mass is 15.2. The minimum Gasteiger partial charge on any atom is -0.340 e. The molecule has 0 spiro atoms. The zero-order valence-corrected chi connectivity index (χ0v) is 54.2. The maximum absolute atomic E-state index is 2.60. The number of fused-ring (bicyclic) bond motifs is 12. The van der Waals surface area contributed by atoms with Gasteiger partial charge in [-0.05, 0) is 182 Å². The van der Waals surface area contributed by atoms with E-state index in [-0.39, 0.29) is 0 Å². The number of para-hydroxylation sites is 6. The highest BCUT2D eigenvalue weighted by molar-refractivity contribution is 6.39. The van der Waals surface area contributed by atoms with Gasteiger partial charge in [-0.1, -0.05) is 218 Å². The van der Waals surface area contributed by atoms with Crippen LogP contribution in [0.15, 0.2) is 309 Å². The Morgan fingerprint density at radius 2 is 0.406 bits per heavy atom. The lowest BCUT2D eigenvalue weighted by Gasteiger charge is -2.25. The lowest BCUT2D eigenvalue weighted by atomic mass is 10.0. The smallest absolute Gasteiger partial charge is 0.0614 e. The SMILES string of the molecule is CCn1c2cc(/C=C/c3ccc(N(c4ccccc4)c4ccccc4)cc3)ccc2c2c1c1c3ccc(/C=C/c4ccc(N(c5ccccc5)c5ccccc5)cc4)cc3n(CC)c1c1c3ccc(/C=C/c4ccc(N(c5ccccc5)c5ccccc5)cc4)cc3n(CC)c21. The third-order valence-corrected chi connectivity index (χ3v) is 18.9. The van der Waals surface area contributed by atoms with Gasteiger partial charge in [-0.2, -0.15) is 0 Å². The monoisotopic (exact) mass is 1240 g/mol. The Labute approximate surface area is 561 Å². The van der Waals surface area contributed by atoms with E-state index in [9.17, 15) is 0 Å². The molecule has 0 bridgehead atoms. The van der Waals surface area contributed by atoms with Gasteiger partial charge in [0.15, 0.2) is 0 Å². The van der Waals surface area contributed by atoms with Crippen molar-refractivity contribution in [3.63, 3.8) is 0 Å². The Morgan fingerprint density at radius 1 is 0.219 bits per heavy atom. The van der Waals surface area contributed by atoms with Crippen LogP contribution in [0.2, 0.25) is 0 Å². The Hall–Kier alpha value is -12.1. The molecule has 16 aromatic rings. The number of anilines is 9. The van der Waals surface area contributed by atoms with Crippen LogP contribution in [-0.4, -0.2) is 13.7 Å². The summed E-state index contributed by atoms with van der Waals surface area (Å²) in [6.45, 7) is 9.35. The van der Waals surface area contributed by atoms with E-state index in [0.29, 0.717) is 0 Å². The summed E-state index contributed by atoms with van der Waals surface area (Å²) in [6, 6.07) is 112. The third-order valence-electron chi connectivity index (χ3n) is 18.9. The highest BCUT2D eigenvalue weighted by Gasteiger charge is 2.27. The Balaban J connectivity index is 0.809. The summed E-state index contributed by atoms with van der Waals surface area (Å²) in [5.74, 6) is 0. The summed E-state index contributed by atoms with van der Waals surface area (Å²) in [5, 5.41) is 7.70. The van der Waals surface area contributed by atoms with Gasteiger partial charge in [-0.15, -0.1) is 0 Å². The highest BCUT2D eigenvalue weighted by Crippen LogP contribution is 2.49. The molecule has 462 valence electrons. The van der Waals surface area contributed by atoms with Gasteiger partial charge in [-0.3, -0.25) is 0 Å². The molecule has 0 aliphatic carbocycles. The first-order valence-electron chi connectivity index (χ1n) is 33.5. The molecule has 0 radical (unpaired) electrons. The Kier molecular flexibility index (Phi) is 15.8. The molecule has 0 aliphatic rings. The number of rotatable bonds is 18. The second kappa shape index (κ2) is 25.8. The average molecular weight is 1240 g/mol. The number of hydrogen-bond donors (Lipinski definition) is 0. The molecule has 0 saturated carbocycles. The lowest BCUT2D eigenvalue weighted by Crippen LogP contribution is -2.09. The molecule has 0 amide bonds. The van der Waals surface area contributed by atoms with E-state index in [4.69, 9.17) is 0 Å². The van der Waals surface area contributed by atoms with Crippen LogP contribution in [0.3, 0.4) is 0 Å². The molecule has 0 aliphatic heterocycles. The molecule has 16 rings (SSSR count). The average Bonchev–Trinajstić information content (AvgIpc) is 1.51. The summed E-state index contributed by atoms with van der Waals surface area (Å²) >= 11 is 0. The molecule has 6 heteroatoms. The van der Waals surface area contributed by atoms with Crippen molar-refractivity contribution in [2.24, 2.45) is 0 Å². The first-order chi connectivity index (χ1) is 47.5. The summed E-state index contributed by atoms with van der Waals surface area (Å²) in [7, 11) is 0. The molecular formula is C90H72N6. The normalized spacial score (nSPS) is 11.9. The maximum atomic E-state index is 2.60. The predicted molar refractivity (Wildman–Crippen MR) is 413 cm³/mol. The van der Waals surface area contributed by atoms with Crippen LogP contribution >= 0.6 is 0 Å². The third kappa shape index (κ3) is 10.9. The standard InChI is InChI=1S/C90H72N6/c1-4-91-82-61-67(40-37-64-43-52-76(53-44-64)94(70-25-13-7-14-26-70)71-27-15-8-16-28-71)49-58-79(82)85-88(91)86-80-59-50-68(41-38-65-45-54-77(55-46-65)95(72-29-17-9-18-30-72)73-31-19-10-20-32-73)62-83(80)92(5-2)90(86)87-81-60-51-69(63-84(81)93(6-3)89(85)87)42-39-66-47-56-78(57-48-66)96(74-33-21-11-22-34-74)75-35-23-12-24-36-75/h7-63H,4-6H2,1-3H3/b40-37+,41-38+,42-39+. The van der Waals surface area contributed by atoms with Gasteiger partial charge in [0, 0.05) is 120 Å². The molecule has 0 N–H and O–H groups in total. The molecule has 0 unspecified atom stereocenters. The van der Waals surface area contributed by atoms with E-state index in [2.05, 4.69) is 395 Å². The second-order valence-corrected chi connectivity index (χ2v) is 24.5. The van der Waals surface area contributed by atoms with E-state index >= 15 is 0 Å². The maximum Gasteiger partial charge on any atom is 0.0614 e. The van der Waals surface area contributed by atoms with Crippen molar-refractivity contribution in [2.75, 3.05) is 14.7 Å². The molecule has 6 nitrogen and oxygen atoms in total. The van der Waals surface area contributed by atoms with Crippen LogP contribution < -0.4 is 14.7 Å². The van der Waals surface area contributed by atoms with Crippen molar-refractivity contribution in [3.05, 3.63) is 343 Å². The zero-order valence-electron chi connectivity index (χ0n) is 54.2. The van der Waals surface area contributed by atoms with Crippen LogP contribution in [-0.2, 0) is 19.6 Å². The summed E-state index contributed by atoms with van der Waals surface area (Å²) in [6.07, 6.45) is 13.6. The molecule has 0 atom stereocenters. The molecule has 13 aromatic carbocycles. The van der Waals surface area contributed by atoms with E-state index in [1.54, 1.807) is 0 Å². The van der Waals surface area contributed by atoms with Crippen molar-refractivity contribution < 1.29 is 0 Å². The minimum atomic E-state index is 0.806. The van der Waals surface area contributed by atoms with Crippen molar-refractivity contribution >= 4 is 153 Å². The number of aryl methyl sites for hydroxylation is 3. The van der Waals surface area contributed by atoms with Gasteiger partial charge < -0.3 is 28.4 Å². The first-order valence-corrected chi connectivity index (χ1v) is 33.5. The van der Waals surface area contributed by atoms with Gasteiger partial charge in [0.25, 0.3) is 0 Å². The van der Waals surface area contributed by atoms with E-state index in [1.165, 1.54) is 65.4 Å². The van der Waals surface area contributed by atoms with Crippen molar-refractivity contribution in [3.8, 4) is 0 Å². The van der Waals surface area contributed by atoms with Crippen molar-refractivity contribution in [2.45, 2.75) is 40.4 Å². The van der Waals surface area contributed by atoms with Crippen LogP contribution in [0.1, 0.15) is 54.2 Å². The number of hydrogen-bond acceptors (Lipinski definition) is 3. The first kappa shape index (κ1) is 58.9. The summed E-state index contributed by atoms with van der Waals surface area (Å²) in [5.41, 5.74) is 24.5. The molecule has 3 heterocycles. The van der Waals surface area contributed by atoms with Crippen LogP contribution in [0.5, 0.6) is 0 Å². The van der Waals surface area contributed by atoms with Gasteiger partial charge in [0.1, 0.15) is 0 Å². The van der Waals surface area contributed by atoms with Crippen LogP contribution in [0.4, 0.5) is 51.2 Å². The van der Waals surface area contributed by atoms with E-state index in [0.717, 1.165) is 104 Å². The molecule has 0 saturated heterocycles. The molecule has 96 heavy (non-hydrogen) atoms. The van der Waals surface area contributed by atoms with E-state index in [1.807, 2.05) is 0 Å². The van der Waals surface area contributed by atoms with Crippen LogP contribution in [0, 0.1) is 0 Å². The number of nitrogens with zero attached hydrogens (tertiary/aromatic N) is 6. The molecule has 0 fully saturated rings. The number of benzene rings is 13. The van der Waals surface area contributed by atoms with Gasteiger partial charge in [0.05, 0.1) is 16.6 Å². The number of aromatic nitrogens is 3. The fourth-order valence-electron chi connectivity index (χ4n) is 14.5. The molecule has 3 aromatic heterocycles. The fraction of sp³-hybridized carbons (Fsp3) is 0.0667. The van der Waals surface area contributed by atoms with E-state index < -0.39 is 0 Å². The van der Waals surface area contributed by atoms with Crippen molar-refractivity contribution in [1.29, 1.82) is 0 Å². The fourth-order valence-corrected chi connectivity index (χ4v) is 14.5. The predicted octanol–water partition coefficient (Wildman–Crippen LogP) is 25.0. The van der Waals surface area contributed by atoms with Gasteiger partial charge in [-0.25, -0.2) is 0 Å². The minimum absolute atomic E-state index is 0.806. The van der Waals surface area contributed by atoms with Gasteiger partial charge >= 0.3 is 0 Å². The summed E-state index contributed by atoms with van der Waals surface area (Å²) in [4.78, 5) is 6.92. The van der Waals surface area contributed by atoms with Gasteiger partial charge in [0.2, 0.25) is 0 Å². The topological polar surface area (TPSA) is 24.5 Å². The summed E-state index contributed by atoms with van der Waals surface area (Å²) < 4.78 is 7.80. The molecular weight excluding hydrogens is 1170 g/mol. The second-order valence-electron chi connectivity index (χ2n) is 24.5. The quantitative estimate of drug-likeness (QED) is 0.0801. The van der Waals surface area contributed by atoms with Crippen LogP contribution in [0.25, 0.3) is 102 Å². The zero-order chi connectivity index (χ0) is 64.5. The largest absolute Gasteiger partial charge is 0.340 e. The Bertz CT molecular complexity index is 4830. The van der Waals surface area contributed by atoms with Crippen molar-refractivity contribution in [1.82, 2.24) is 13.7 Å². The Morgan fingerprint density at radius 3 is 0.615 bits per heavy atom.